The van der Waals surface area contributed by atoms with Crippen LogP contribution in [0, 0.1) is 16.7 Å². The van der Waals surface area contributed by atoms with Crippen LogP contribution in [0.15, 0.2) is 55.1 Å². The summed E-state index contributed by atoms with van der Waals surface area (Å²) in [5.74, 6) is 0.280. The third-order valence-electron chi connectivity index (χ3n) is 5.77. The van der Waals surface area contributed by atoms with Crippen LogP contribution in [0.5, 0.6) is 0 Å². The summed E-state index contributed by atoms with van der Waals surface area (Å²) in [7, 11) is 0. The molecule has 0 aliphatic heterocycles. The Balaban J connectivity index is 2.16. The minimum Gasteiger partial charge on any atom is -0.376 e. The number of ether oxygens (including phenoxy) is 1. The van der Waals surface area contributed by atoms with Gasteiger partial charge in [-0.05, 0) is 37.8 Å². The number of hydrogen-bond acceptors (Lipinski definition) is 3. The van der Waals surface area contributed by atoms with E-state index in [0.717, 1.165) is 12.0 Å². The molecular formula is C22H28O3. The predicted molar refractivity (Wildman–Crippen MR) is 100 cm³/mol. The Morgan fingerprint density at radius 1 is 1.32 bits per heavy atom. The number of ketones is 2. The molecule has 0 radical (unpaired) electrons. The van der Waals surface area contributed by atoms with Gasteiger partial charge in [-0.15, -0.1) is 6.58 Å². The summed E-state index contributed by atoms with van der Waals surface area (Å²) < 4.78 is 5.96. The van der Waals surface area contributed by atoms with E-state index in [4.69, 9.17) is 4.74 Å². The van der Waals surface area contributed by atoms with Gasteiger partial charge in [-0.1, -0.05) is 49.4 Å². The zero-order chi connectivity index (χ0) is 18.5. The third-order valence-corrected chi connectivity index (χ3v) is 5.77. The summed E-state index contributed by atoms with van der Waals surface area (Å²) in [6, 6.07) is 10.1. The summed E-state index contributed by atoms with van der Waals surface area (Å²) in [6.07, 6.45) is 6.42. The molecule has 1 fully saturated rings. The Labute approximate surface area is 150 Å². The number of allylic oxidation sites excluding steroid dienone is 3. The fourth-order valence-electron chi connectivity index (χ4n) is 3.67. The summed E-state index contributed by atoms with van der Waals surface area (Å²) in [5, 5.41) is 0. The van der Waals surface area contributed by atoms with E-state index in [-0.39, 0.29) is 17.5 Å². The first-order valence-corrected chi connectivity index (χ1v) is 8.82. The van der Waals surface area contributed by atoms with Crippen LogP contribution in [0.3, 0.4) is 0 Å². The second kappa shape index (κ2) is 7.92. The molecule has 25 heavy (non-hydrogen) atoms. The molecule has 134 valence electrons. The molecular weight excluding hydrogens is 312 g/mol. The van der Waals surface area contributed by atoms with Gasteiger partial charge in [0, 0.05) is 11.8 Å². The van der Waals surface area contributed by atoms with E-state index in [1.165, 1.54) is 13.0 Å². The van der Waals surface area contributed by atoms with Crippen molar-refractivity contribution in [3.05, 3.63) is 60.7 Å². The Bertz CT molecular complexity index is 661. The number of carbonyl (C=O) groups excluding carboxylic acids is 2. The molecule has 1 aliphatic rings. The van der Waals surface area contributed by atoms with Crippen LogP contribution in [0.2, 0.25) is 0 Å². The minimum absolute atomic E-state index is 0.0529. The first-order valence-electron chi connectivity index (χ1n) is 8.82. The van der Waals surface area contributed by atoms with Crippen molar-refractivity contribution in [2.24, 2.45) is 16.7 Å². The molecule has 3 heteroatoms. The first-order chi connectivity index (χ1) is 11.8. The second-order valence-corrected chi connectivity index (χ2v) is 7.29. The van der Waals surface area contributed by atoms with Crippen molar-refractivity contribution in [2.45, 2.75) is 40.2 Å². The molecule has 0 bridgehead atoms. The van der Waals surface area contributed by atoms with Gasteiger partial charge in [-0.25, -0.2) is 0 Å². The summed E-state index contributed by atoms with van der Waals surface area (Å²) in [4.78, 5) is 24.1. The monoisotopic (exact) mass is 340 g/mol. The molecule has 2 rings (SSSR count). The molecule has 1 aromatic carbocycles. The molecule has 0 spiro atoms. The maximum atomic E-state index is 12.7. The van der Waals surface area contributed by atoms with E-state index in [0.29, 0.717) is 19.6 Å². The number of hydrogen-bond donors (Lipinski definition) is 0. The highest BCUT2D eigenvalue weighted by Crippen LogP contribution is 2.53. The van der Waals surface area contributed by atoms with Crippen LogP contribution in [-0.2, 0) is 20.9 Å². The molecule has 3 nitrogen and oxygen atoms in total. The normalized spacial score (nSPS) is 29.7. The van der Waals surface area contributed by atoms with E-state index >= 15 is 0 Å². The molecule has 0 saturated heterocycles. The van der Waals surface area contributed by atoms with E-state index in [1.807, 2.05) is 43.3 Å². The van der Waals surface area contributed by atoms with Gasteiger partial charge >= 0.3 is 0 Å². The zero-order valence-corrected chi connectivity index (χ0v) is 15.5. The smallest absolute Gasteiger partial charge is 0.152 e. The Kier molecular flexibility index (Phi) is 6.12. The van der Waals surface area contributed by atoms with Gasteiger partial charge in [0.15, 0.2) is 5.78 Å². The van der Waals surface area contributed by atoms with Gasteiger partial charge in [0.25, 0.3) is 0 Å². The van der Waals surface area contributed by atoms with Gasteiger partial charge in [0.1, 0.15) is 5.78 Å². The largest absolute Gasteiger partial charge is 0.376 e. The third kappa shape index (κ3) is 3.98. The molecule has 3 atom stereocenters. The van der Waals surface area contributed by atoms with Crippen molar-refractivity contribution in [1.29, 1.82) is 0 Å². The average molecular weight is 340 g/mol. The second-order valence-electron chi connectivity index (χ2n) is 7.29. The lowest BCUT2D eigenvalue weighted by Crippen LogP contribution is -2.51. The van der Waals surface area contributed by atoms with Gasteiger partial charge < -0.3 is 4.74 Å². The maximum absolute atomic E-state index is 12.7. The van der Waals surface area contributed by atoms with Crippen molar-refractivity contribution in [3.8, 4) is 0 Å². The van der Waals surface area contributed by atoms with Crippen molar-refractivity contribution in [3.63, 3.8) is 0 Å². The molecule has 0 amide bonds. The highest BCUT2D eigenvalue weighted by Gasteiger charge is 2.53. The van der Waals surface area contributed by atoms with Crippen LogP contribution in [-0.4, -0.2) is 18.2 Å². The lowest BCUT2D eigenvalue weighted by atomic mass is 9.52. The Hall–Kier alpha value is -2.00. The molecule has 1 saturated carbocycles. The van der Waals surface area contributed by atoms with Crippen molar-refractivity contribution < 1.29 is 14.3 Å². The number of benzene rings is 1. The van der Waals surface area contributed by atoms with Gasteiger partial charge in [-0.3, -0.25) is 9.59 Å². The minimum atomic E-state index is -0.737. The fraction of sp³-hybridized carbons (Fsp3) is 0.455. The summed E-state index contributed by atoms with van der Waals surface area (Å²) >= 11 is 0. The topological polar surface area (TPSA) is 43.4 Å². The summed E-state index contributed by atoms with van der Waals surface area (Å²) in [6.45, 7) is 10.6. The van der Waals surface area contributed by atoms with Crippen LogP contribution >= 0.6 is 0 Å². The fourth-order valence-corrected chi connectivity index (χ4v) is 3.67. The average Bonchev–Trinajstić information content (AvgIpc) is 2.61. The van der Waals surface area contributed by atoms with Crippen LogP contribution in [0.25, 0.3) is 0 Å². The lowest BCUT2D eigenvalue weighted by molar-refractivity contribution is -0.138. The van der Waals surface area contributed by atoms with Crippen molar-refractivity contribution in [2.75, 3.05) is 6.61 Å². The van der Waals surface area contributed by atoms with E-state index < -0.39 is 10.8 Å². The van der Waals surface area contributed by atoms with Crippen LogP contribution in [0.4, 0.5) is 0 Å². The van der Waals surface area contributed by atoms with Gasteiger partial charge in [0.2, 0.25) is 0 Å². The molecule has 0 N–H and O–H groups in total. The molecule has 0 aromatic heterocycles. The highest BCUT2D eigenvalue weighted by molar-refractivity contribution is 5.92. The number of Topliss-reactive ketones (excluding diaryl/α,β-unsaturated/α-hetero) is 1. The number of rotatable bonds is 7. The number of carbonyl (C=O) groups is 2. The van der Waals surface area contributed by atoms with Crippen molar-refractivity contribution >= 4 is 11.6 Å². The maximum Gasteiger partial charge on any atom is 0.152 e. The Morgan fingerprint density at radius 3 is 2.60 bits per heavy atom. The van der Waals surface area contributed by atoms with E-state index in [1.54, 1.807) is 6.08 Å². The summed E-state index contributed by atoms with van der Waals surface area (Å²) in [5.41, 5.74) is -0.0568. The van der Waals surface area contributed by atoms with Crippen molar-refractivity contribution in [1.82, 2.24) is 0 Å². The SMILES string of the molecule is C=C[C@@]1(C)[C@H](COCc2ccccc2)CCC(=O)[C@]1(C)/C=C/C(C)=O. The van der Waals surface area contributed by atoms with Gasteiger partial charge in [0.05, 0.1) is 18.6 Å². The van der Waals surface area contributed by atoms with Crippen LogP contribution < -0.4 is 0 Å². The quantitative estimate of drug-likeness (QED) is 0.541. The van der Waals surface area contributed by atoms with E-state index in [9.17, 15) is 9.59 Å². The first kappa shape index (κ1) is 19.3. The van der Waals surface area contributed by atoms with Gasteiger partial charge in [-0.2, -0.15) is 0 Å². The molecule has 0 unspecified atom stereocenters. The highest BCUT2D eigenvalue weighted by atomic mass is 16.5. The molecule has 1 aliphatic carbocycles. The van der Waals surface area contributed by atoms with E-state index in [2.05, 4.69) is 13.5 Å². The zero-order valence-electron chi connectivity index (χ0n) is 15.5. The molecule has 1 aromatic rings. The predicted octanol–water partition coefficient (Wildman–Crippen LogP) is 4.53. The standard InChI is InChI=1S/C22H28O3/c1-5-21(3)19(16-25-15-18-9-7-6-8-10-18)11-12-20(24)22(21,4)14-13-17(2)23/h5-10,13-14,19H,1,11-12,15-16H2,2-4H3/b14-13+/t19-,21-,22-/m0/s1. The molecule has 0 heterocycles. The lowest BCUT2D eigenvalue weighted by Gasteiger charge is -2.50. The van der Waals surface area contributed by atoms with Crippen LogP contribution in [0.1, 0.15) is 39.2 Å². The Morgan fingerprint density at radius 2 is 2.00 bits per heavy atom.